The monoisotopic (exact) mass is 288 g/mol. The molecular formula is C12H17FN2O3S. The van der Waals surface area contributed by atoms with E-state index < -0.39 is 15.8 Å². The van der Waals surface area contributed by atoms with Gasteiger partial charge in [-0.25, -0.2) is 17.9 Å². The lowest BCUT2D eigenvalue weighted by atomic mass is 10.3. The van der Waals surface area contributed by atoms with Gasteiger partial charge in [-0.05, 0) is 24.6 Å². The van der Waals surface area contributed by atoms with Gasteiger partial charge in [-0.15, -0.1) is 6.58 Å². The molecule has 0 saturated heterocycles. The minimum Gasteiger partial charge on any atom is -0.380 e. The first-order valence-corrected chi connectivity index (χ1v) is 7.24. The third-order valence-electron chi connectivity index (χ3n) is 2.30. The summed E-state index contributed by atoms with van der Waals surface area (Å²) in [4.78, 5) is -0.252. The second-order valence-corrected chi connectivity index (χ2v) is 5.36. The van der Waals surface area contributed by atoms with Crippen LogP contribution in [0.4, 0.5) is 10.1 Å². The first kappa shape index (κ1) is 15.6. The van der Waals surface area contributed by atoms with Crippen LogP contribution in [0.15, 0.2) is 35.7 Å². The Balaban J connectivity index is 2.49. The van der Waals surface area contributed by atoms with Crippen LogP contribution in [0.3, 0.4) is 0 Å². The van der Waals surface area contributed by atoms with Gasteiger partial charge in [0.25, 0.3) is 0 Å². The lowest BCUT2D eigenvalue weighted by molar-refractivity contribution is 0.149. The summed E-state index contributed by atoms with van der Waals surface area (Å²) in [6.07, 6.45) is 2.51. The van der Waals surface area contributed by atoms with Crippen molar-refractivity contribution in [2.24, 2.45) is 5.14 Å². The normalized spacial score (nSPS) is 11.3. The van der Waals surface area contributed by atoms with E-state index in [4.69, 9.17) is 9.88 Å². The van der Waals surface area contributed by atoms with Crippen LogP contribution in [-0.2, 0) is 14.8 Å². The summed E-state index contributed by atoms with van der Waals surface area (Å²) in [6.45, 7) is 4.97. The highest BCUT2D eigenvalue weighted by atomic mass is 32.2. The third-order valence-corrected chi connectivity index (χ3v) is 3.21. The fourth-order valence-corrected chi connectivity index (χ4v) is 1.87. The standard InChI is InChI=1S/C12H17FN2O3S/c1-2-3-7-18-8-6-15-12-5-4-10(9-11(12)13)19(14,16)17/h2,4-5,9,15H,1,3,6-8H2,(H2,14,16,17). The van der Waals surface area contributed by atoms with E-state index in [9.17, 15) is 12.8 Å². The van der Waals surface area contributed by atoms with E-state index in [1.165, 1.54) is 12.1 Å². The van der Waals surface area contributed by atoms with Crippen molar-refractivity contribution in [3.05, 3.63) is 36.7 Å². The molecule has 0 saturated carbocycles. The SMILES string of the molecule is C=CCCOCCNc1ccc(S(N)(=O)=O)cc1F. The van der Waals surface area contributed by atoms with Gasteiger partial charge in [0.05, 0.1) is 23.8 Å². The molecule has 1 aromatic carbocycles. The number of primary sulfonamides is 1. The van der Waals surface area contributed by atoms with Crippen molar-refractivity contribution in [2.45, 2.75) is 11.3 Å². The maximum atomic E-state index is 13.6. The number of ether oxygens (including phenoxy) is 1. The molecular weight excluding hydrogens is 271 g/mol. The Morgan fingerprint density at radius 2 is 2.16 bits per heavy atom. The molecule has 0 atom stereocenters. The van der Waals surface area contributed by atoms with Crippen molar-refractivity contribution in [1.29, 1.82) is 0 Å². The fourth-order valence-electron chi connectivity index (χ4n) is 1.34. The van der Waals surface area contributed by atoms with Crippen LogP contribution in [-0.4, -0.2) is 28.2 Å². The maximum Gasteiger partial charge on any atom is 0.238 e. The van der Waals surface area contributed by atoms with E-state index >= 15 is 0 Å². The number of hydrogen-bond donors (Lipinski definition) is 2. The number of rotatable bonds is 8. The predicted octanol–water partition coefficient (Wildman–Crippen LogP) is 1.48. The summed E-state index contributed by atoms with van der Waals surface area (Å²) in [5, 5.41) is 7.71. The van der Waals surface area contributed by atoms with Crippen molar-refractivity contribution in [2.75, 3.05) is 25.1 Å². The molecule has 0 aliphatic carbocycles. The van der Waals surface area contributed by atoms with Crippen LogP contribution in [0.25, 0.3) is 0 Å². The van der Waals surface area contributed by atoms with Crippen LogP contribution in [0.5, 0.6) is 0 Å². The predicted molar refractivity (Wildman–Crippen MR) is 71.9 cm³/mol. The van der Waals surface area contributed by atoms with Crippen molar-refractivity contribution < 1.29 is 17.5 Å². The lowest BCUT2D eigenvalue weighted by Gasteiger charge is -2.08. The number of nitrogens with one attached hydrogen (secondary N) is 1. The molecule has 1 aromatic rings. The zero-order valence-electron chi connectivity index (χ0n) is 10.4. The second-order valence-electron chi connectivity index (χ2n) is 3.80. The molecule has 0 heterocycles. The van der Waals surface area contributed by atoms with Crippen LogP contribution in [0, 0.1) is 5.82 Å². The van der Waals surface area contributed by atoms with Crippen molar-refractivity contribution in [3.8, 4) is 0 Å². The Hall–Kier alpha value is -1.44. The molecule has 7 heteroatoms. The molecule has 1 rings (SSSR count). The summed E-state index contributed by atoms with van der Waals surface area (Å²) in [6, 6.07) is 3.47. The highest BCUT2D eigenvalue weighted by Gasteiger charge is 2.11. The Morgan fingerprint density at radius 3 is 2.74 bits per heavy atom. The molecule has 0 spiro atoms. The molecule has 0 aliphatic heterocycles. The van der Waals surface area contributed by atoms with Gasteiger partial charge >= 0.3 is 0 Å². The molecule has 0 unspecified atom stereocenters. The first-order valence-electron chi connectivity index (χ1n) is 5.70. The average molecular weight is 288 g/mol. The van der Waals surface area contributed by atoms with E-state index in [-0.39, 0.29) is 10.6 Å². The summed E-state index contributed by atoms with van der Waals surface area (Å²) in [5.41, 5.74) is 0.208. The fraction of sp³-hybridized carbons (Fsp3) is 0.333. The molecule has 0 radical (unpaired) electrons. The van der Waals surface area contributed by atoms with Crippen LogP contribution >= 0.6 is 0 Å². The lowest BCUT2D eigenvalue weighted by Crippen LogP contribution is -2.14. The van der Waals surface area contributed by atoms with E-state index in [1.807, 2.05) is 0 Å². The van der Waals surface area contributed by atoms with E-state index in [0.717, 1.165) is 12.5 Å². The zero-order chi connectivity index (χ0) is 14.3. The third kappa shape index (κ3) is 5.37. The molecule has 0 aliphatic rings. The quantitative estimate of drug-likeness (QED) is 0.561. The molecule has 3 N–H and O–H groups in total. The summed E-state index contributed by atoms with van der Waals surface area (Å²) >= 11 is 0. The largest absolute Gasteiger partial charge is 0.380 e. The smallest absolute Gasteiger partial charge is 0.238 e. The Labute approximate surface area is 112 Å². The Bertz CT molecular complexity index is 532. The summed E-state index contributed by atoms with van der Waals surface area (Å²) in [7, 11) is -3.88. The number of hydrogen-bond acceptors (Lipinski definition) is 4. The highest BCUT2D eigenvalue weighted by molar-refractivity contribution is 7.89. The highest BCUT2D eigenvalue weighted by Crippen LogP contribution is 2.17. The molecule has 19 heavy (non-hydrogen) atoms. The van der Waals surface area contributed by atoms with Gasteiger partial charge in [0.1, 0.15) is 5.82 Å². The number of benzene rings is 1. The minimum absolute atomic E-state index is 0.208. The van der Waals surface area contributed by atoms with Crippen molar-refractivity contribution >= 4 is 15.7 Å². The molecule has 0 bridgehead atoms. The van der Waals surface area contributed by atoms with E-state index in [1.54, 1.807) is 6.08 Å². The van der Waals surface area contributed by atoms with Gasteiger partial charge in [0.15, 0.2) is 0 Å². The summed E-state index contributed by atoms with van der Waals surface area (Å²) in [5.74, 6) is -0.669. The van der Waals surface area contributed by atoms with Gasteiger partial charge in [-0.3, -0.25) is 0 Å². The van der Waals surface area contributed by atoms with Crippen LogP contribution < -0.4 is 10.5 Å². The minimum atomic E-state index is -3.88. The molecule has 5 nitrogen and oxygen atoms in total. The molecule has 106 valence electrons. The van der Waals surface area contributed by atoms with Gasteiger partial charge in [-0.1, -0.05) is 6.08 Å². The summed E-state index contributed by atoms with van der Waals surface area (Å²) < 4.78 is 40.9. The van der Waals surface area contributed by atoms with Gasteiger partial charge < -0.3 is 10.1 Å². The van der Waals surface area contributed by atoms with E-state index in [2.05, 4.69) is 11.9 Å². The van der Waals surface area contributed by atoms with Crippen molar-refractivity contribution in [3.63, 3.8) is 0 Å². The number of anilines is 1. The van der Waals surface area contributed by atoms with Crippen LogP contribution in [0.1, 0.15) is 6.42 Å². The molecule has 0 fully saturated rings. The maximum absolute atomic E-state index is 13.6. The average Bonchev–Trinajstić information content (AvgIpc) is 2.34. The molecule has 0 amide bonds. The Morgan fingerprint density at radius 1 is 1.42 bits per heavy atom. The number of sulfonamides is 1. The zero-order valence-corrected chi connectivity index (χ0v) is 11.2. The number of nitrogens with two attached hydrogens (primary N) is 1. The van der Waals surface area contributed by atoms with Crippen LogP contribution in [0.2, 0.25) is 0 Å². The van der Waals surface area contributed by atoms with Gasteiger partial charge in [-0.2, -0.15) is 0 Å². The Kier molecular flexibility index (Phi) is 5.94. The van der Waals surface area contributed by atoms with Crippen molar-refractivity contribution in [1.82, 2.24) is 0 Å². The molecule has 0 aromatic heterocycles. The topological polar surface area (TPSA) is 81.4 Å². The van der Waals surface area contributed by atoms with E-state index in [0.29, 0.717) is 19.8 Å². The van der Waals surface area contributed by atoms with Gasteiger partial charge in [0.2, 0.25) is 10.0 Å². The number of halogens is 1. The van der Waals surface area contributed by atoms with Gasteiger partial charge in [0, 0.05) is 6.54 Å². The second kappa shape index (κ2) is 7.22. The first-order chi connectivity index (χ1) is 8.95.